The lowest BCUT2D eigenvalue weighted by molar-refractivity contribution is -0.116. The second-order valence-electron chi connectivity index (χ2n) is 4.42. The van der Waals surface area contributed by atoms with Crippen molar-refractivity contribution in [2.75, 3.05) is 11.4 Å². The number of hydrogen-bond acceptors (Lipinski definition) is 3. The summed E-state index contributed by atoms with van der Waals surface area (Å²) < 4.78 is 0. The van der Waals surface area contributed by atoms with Crippen LogP contribution in [-0.2, 0) is 4.79 Å². The summed E-state index contributed by atoms with van der Waals surface area (Å²) in [5, 5.41) is 9.73. The third-order valence-electron chi connectivity index (χ3n) is 2.65. The fourth-order valence-corrected chi connectivity index (χ4v) is 1.82. The molecular weight excluding hydrogens is 216 g/mol. The van der Waals surface area contributed by atoms with E-state index < -0.39 is 6.10 Å². The average molecular weight is 236 g/mol. The monoisotopic (exact) mass is 236 g/mol. The molecule has 1 rings (SSSR count). The minimum atomic E-state index is -0.569. The van der Waals surface area contributed by atoms with Gasteiger partial charge < -0.3 is 15.7 Å². The molecule has 1 atom stereocenters. The second kappa shape index (κ2) is 5.68. The molecule has 4 nitrogen and oxygen atoms in total. The molecule has 0 aromatic heterocycles. The van der Waals surface area contributed by atoms with Gasteiger partial charge in [0, 0.05) is 17.3 Å². The van der Waals surface area contributed by atoms with Crippen LogP contribution in [0.5, 0.6) is 0 Å². The first kappa shape index (κ1) is 13.5. The number of hydrogen-bond donors (Lipinski definition) is 2. The van der Waals surface area contributed by atoms with Gasteiger partial charge in [0.05, 0.1) is 12.6 Å². The molecule has 0 aliphatic carbocycles. The molecule has 0 unspecified atom stereocenters. The Bertz CT molecular complexity index is 389. The smallest absolute Gasteiger partial charge is 0.236 e. The van der Waals surface area contributed by atoms with Gasteiger partial charge in [-0.1, -0.05) is 18.2 Å². The summed E-state index contributed by atoms with van der Waals surface area (Å²) in [5.74, 6) is -0.376. The fraction of sp³-hybridized carbons (Fsp3) is 0.462. The predicted molar refractivity (Wildman–Crippen MR) is 68.8 cm³/mol. The number of para-hydroxylation sites is 1. The van der Waals surface area contributed by atoms with Gasteiger partial charge in [-0.3, -0.25) is 4.79 Å². The van der Waals surface area contributed by atoms with Crippen LogP contribution < -0.4 is 10.6 Å². The van der Waals surface area contributed by atoms with Crippen LogP contribution in [0.4, 0.5) is 5.69 Å². The number of amides is 1. The van der Waals surface area contributed by atoms with Crippen LogP contribution in [0.3, 0.4) is 0 Å². The Kier molecular flexibility index (Phi) is 4.52. The van der Waals surface area contributed by atoms with E-state index in [1.54, 1.807) is 6.92 Å². The highest BCUT2D eigenvalue weighted by atomic mass is 16.3. The second-order valence-corrected chi connectivity index (χ2v) is 4.42. The topological polar surface area (TPSA) is 66.6 Å². The molecule has 0 bridgehead atoms. The SMILES string of the molecule is CC(C)N(CC(N)=O)c1ccccc1[C@@H](C)O. The summed E-state index contributed by atoms with van der Waals surface area (Å²) in [5.41, 5.74) is 6.92. The minimum absolute atomic E-state index is 0.141. The maximum atomic E-state index is 11.1. The number of anilines is 1. The summed E-state index contributed by atoms with van der Waals surface area (Å²) in [6, 6.07) is 7.65. The highest BCUT2D eigenvalue weighted by Gasteiger charge is 2.17. The Balaban J connectivity index is 3.13. The molecular formula is C13H20N2O2. The number of rotatable bonds is 5. The minimum Gasteiger partial charge on any atom is -0.389 e. The van der Waals surface area contributed by atoms with Gasteiger partial charge in [0.1, 0.15) is 0 Å². The lowest BCUT2D eigenvalue weighted by atomic mass is 10.1. The Morgan fingerprint density at radius 2 is 1.94 bits per heavy atom. The van der Waals surface area contributed by atoms with Gasteiger partial charge in [0.2, 0.25) is 5.91 Å². The van der Waals surface area contributed by atoms with E-state index >= 15 is 0 Å². The van der Waals surface area contributed by atoms with Gasteiger partial charge in [0.25, 0.3) is 0 Å². The molecule has 1 aromatic carbocycles. The van der Waals surface area contributed by atoms with E-state index in [2.05, 4.69) is 0 Å². The van der Waals surface area contributed by atoms with Gasteiger partial charge >= 0.3 is 0 Å². The van der Waals surface area contributed by atoms with Crippen molar-refractivity contribution in [1.29, 1.82) is 0 Å². The Hall–Kier alpha value is -1.55. The van der Waals surface area contributed by atoms with Gasteiger partial charge in [-0.25, -0.2) is 0 Å². The van der Waals surface area contributed by atoms with Crippen molar-refractivity contribution >= 4 is 11.6 Å². The molecule has 0 saturated carbocycles. The Labute approximate surface area is 102 Å². The van der Waals surface area contributed by atoms with E-state index in [1.807, 2.05) is 43.0 Å². The van der Waals surface area contributed by atoms with E-state index in [1.165, 1.54) is 0 Å². The normalized spacial score (nSPS) is 12.5. The molecule has 1 aromatic rings. The molecule has 0 fully saturated rings. The number of aliphatic hydroxyl groups excluding tert-OH is 1. The van der Waals surface area contributed by atoms with Crippen LogP contribution in [0.25, 0.3) is 0 Å². The third-order valence-corrected chi connectivity index (χ3v) is 2.65. The molecule has 4 heteroatoms. The Morgan fingerprint density at radius 1 is 1.35 bits per heavy atom. The number of benzene rings is 1. The lowest BCUT2D eigenvalue weighted by Crippen LogP contribution is -2.39. The summed E-state index contributed by atoms with van der Waals surface area (Å²) in [7, 11) is 0. The number of nitrogens with zero attached hydrogens (tertiary/aromatic N) is 1. The summed E-state index contributed by atoms with van der Waals surface area (Å²) in [6.45, 7) is 5.84. The van der Waals surface area contributed by atoms with Crippen molar-refractivity contribution < 1.29 is 9.90 Å². The van der Waals surface area contributed by atoms with Crippen LogP contribution in [0, 0.1) is 0 Å². The maximum absolute atomic E-state index is 11.1. The first-order chi connectivity index (χ1) is 7.93. The van der Waals surface area contributed by atoms with Crippen molar-refractivity contribution in [3.05, 3.63) is 29.8 Å². The highest BCUT2D eigenvalue weighted by molar-refractivity contribution is 5.80. The summed E-state index contributed by atoms with van der Waals surface area (Å²) in [6.07, 6.45) is -0.569. The van der Waals surface area contributed by atoms with Gasteiger partial charge in [-0.2, -0.15) is 0 Å². The van der Waals surface area contributed by atoms with Crippen LogP contribution >= 0.6 is 0 Å². The Morgan fingerprint density at radius 3 is 2.41 bits per heavy atom. The highest BCUT2D eigenvalue weighted by Crippen LogP contribution is 2.27. The number of aliphatic hydroxyl groups is 1. The first-order valence-corrected chi connectivity index (χ1v) is 5.75. The molecule has 17 heavy (non-hydrogen) atoms. The number of nitrogens with two attached hydrogens (primary N) is 1. The largest absolute Gasteiger partial charge is 0.389 e. The fourth-order valence-electron chi connectivity index (χ4n) is 1.82. The molecule has 0 heterocycles. The van der Waals surface area contributed by atoms with E-state index in [0.717, 1.165) is 11.3 Å². The lowest BCUT2D eigenvalue weighted by Gasteiger charge is -2.30. The zero-order valence-corrected chi connectivity index (χ0v) is 10.6. The first-order valence-electron chi connectivity index (χ1n) is 5.75. The molecule has 0 saturated heterocycles. The molecule has 0 aliphatic heterocycles. The van der Waals surface area contributed by atoms with Crippen LogP contribution in [-0.4, -0.2) is 23.6 Å². The van der Waals surface area contributed by atoms with E-state index in [4.69, 9.17) is 5.73 Å². The van der Waals surface area contributed by atoms with Gasteiger partial charge in [-0.05, 0) is 26.8 Å². The summed E-state index contributed by atoms with van der Waals surface area (Å²) >= 11 is 0. The van der Waals surface area contributed by atoms with Crippen LogP contribution in [0.15, 0.2) is 24.3 Å². The van der Waals surface area contributed by atoms with E-state index in [9.17, 15) is 9.90 Å². The number of carbonyl (C=O) groups excluding carboxylic acids is 1. The maximum Gasteiger partial charge on any atom is 0.236 e. The van der Waals surface area contributed by atoms with Crippen molar-refractivity contribution in [3.8, 4) is 0 Å². The van der Waals surface area contributed by atoms with Crippen molar-refractivity contribution in [3.63, 3.8) is 0 Å². The van der Waals surface area contributed by atoms with Crippen molar-refractivity contribution in [1.82, 2.24) is 0 Å². The van der Waals surface area contributed by atoms with Gasteiger partial charge in [-0.15, -0.1) is 0 Å². The predicted octanol–water partition coefficient (Wildman–Crippen LogP) is 1.44. The quantitative estimate of drug-likeness (QED) is 0.813. The van der Waals surface area contributed by atoms with Crippen LogP contribution in [0.2, 0.25) is 0 Å². The molecule has 0 radical (unpaired) electrons. The standard InChI is InChI=1S/C13H20N2O2/c1-9(2)15(8-13(14)17)12-7-5-4-6-11(12)10(3)16/h4-7,9-10,16H,8H2,1-3H3,(H2,14,17)/t10-/m1/s1. The van der Waals surface area contributed by atoms with Crippen LogP contribution in [0.1, 0.15) is 32.4 Å². The van der Waals surface area contributed by atoms with Crippen molar-refractivity contribution in [2.24, 2.45) is 5.73 Å². The molecule has 94 valence electrons. The van der Waals surface area contributed by atoms with Gasteiger partial charge in [0.15, 0.2) is 0 Å². The average Bonchev–Trinajstić information content (AvgIpc) is 2.25. The molecule has 3 N–H and O–H groups in total. The molecule has 1 amide bonds. The number of primary amides is 1. The number of carbonyl (C=O) groups is 1. The molecule has 0 aliphatic rings. The third kappa shape index (κ3) is 3.46. The molecule has 0 spiro atoms. The summed E-state index contributed by atoms with van der Waals surface area (Å²) in [4.78, 5) is 13.0. The zero-order chi connectivity index (χ0) is 13.0. The zero-order valence-electron chi connectivity index (χ0n) is 10.6. The van der Waals surface area contributed by atoms with E-state index in [-0.39, 0.29) is 18.5 Å². The van der Waals surface area contributed by atoms with Crippen molar-refractivity contribution in [2.45, 2.75) is 32.9 Å². The van der Waals surface area contributed by atoms with E-state index in [0.29, 0.717) is 0 Å².